The summed E-state index contributed by atoms with van der Waals surface area (Å²) in [6.07, 6.45) is 2.98. The van der Waals surface area contributed by atoms with Crippen LogP contribution in [0.25, 0.3) is 6.08 Å². The number of carbonyl (C=O) groups is 2. The summed E-state index contributed by atoms with van der Waals surface area (Å²) in [5, 5.41) is 3.56. The Bertz CT molecular complexity index is 994. The van der Waals surface area contributed by atoms with Gasteiger partial charge in [-0.15, -0.1) is 0 Å². The predicted octanol–water partition coefficient (Wildman–Crippen LogP) is 5.54. The fourth-order valence-electron chi connectivity index (χ4n) is 4.05. The van der Waals surface area contributed by atoms with E-state index >= 15 is 0 Å². The predicted molar refractivity (Wildman–Crippen MR) is 119 cm³/mol. The van der Waals surface area contributed by atoms with Crippen LogP contribution in [0.15, 0.2) is 52.3 Å². The van der Waals surface area contributed by atoms with E-state index in [0.29, 0.717) is 33.0 Å². The molecule has 0 spiro atoms. The lowest BCUT2D eigenvalue weighted by atomic mass is 9.91. The first kappa shape index (κ1) is 20.0. The van der Waals surface area contributed by atoms with Crippen molar-refractivity contribution >= 4 is 46.9 Å². The number of anilines is 1. The van der Waals surface area contributed by atoms with Gasteiger partial charge in [0.1, 0.15) is 0 Å². The molecule has 29 heavy (non-hydrogen) atoms. The van der Waals surface area contributed by atoms with Crippen LogP contribution in [0.2, 0.25) is 5.02 Å². The van der Waals surface area contributed by atoms with E-state index in [1.54, 1.807) is 12.1 Å². The van der Waals surface area contributed by atoms with E-state index in [0.717, 1.165) is 30.0 Å². The van der Waals surface area contributed by atoms with Gasteiger partial charge < -0.3 is 10.2 Å². The van der Waals surface area contributed by atoms with Gasteiger partial charge in [0.15, 0.2) is 0 Å². The first-order valence-corrected chi connectivity index (χ1v) is 11.0. The molecule has 2 aromatic rings. The van der Waals surface area contributed by atoms with Gasteiger partial charge in [-0.05, 0) is 60.2 Å². The molecule has 6 heteroatoms. The number of piperidine rings is 1. The molecule has 1 saturated heterocycles. The fraction of sp³-hybridized carbons (Fsp3) is 0.304. The van der Waals surface area contributed by atoms with Gasteiger partial charge in [0, 0.05) is 28.6 Å². The third-order valence-electron chi connectivity index (χ3n) is 5.22. The number of thioether (sulfide) groups is 1. The fourth-order valence-corrected chi connectivity index (χ4v) is 5.18. The maximum Gasteiger partial charge on any atom is 0.262 e. The lowest BCUT2D eigenvalue weighted by Gasteiger charge is -2.35. The summed E-state index contributed by atoms with van der Waals surface area (Å²) in [6.45, 7) is 5.95. The monoisotopic (exact) mass is 426 g/mol. The van der Waals surface area contributed by atoms with Gasteiger partial charge in [0.05, 0.1) is 10.6 Å². The first-order valence-electron chi connectivity index (χ1n) is 9.79. The van der Waals surface area contributed by atoms with Crippen molar-refractivity contribution in [2.75, 3.05) is 18.4 Å². The Morgan fingerprint density at radius 2 is 1.93 bits per heavy atom. The number of halogens is 1. The molecule has 4 nitrogen and oxygen atoms in total. The summed E-state index contributed by atoms with van der Waals surface area (Å²) in [6, 6.07) is 12.9. The second kappa shape index (κ2) is 8.25. The maximum atomic E-state index is 13.0. The van der Waals surface area contributed by atoms with E-state index in [-0.39, 0.29) is 11.8 Å². The van der Waals surface area contributed by atoms with Gasteiger partial charge in [-0.1, -0.05) is 49.3 Å². The summed E-state index contributed by atoms with van der Waals surface area (Å²) in [4.78, 5) is 29.0. The average Bonchev–Trinajstić information content (AvgIpc) is 2.67. The zero-order valence-corrected chi connectivity index (χ0v) is 18.0. The summed E-state index contributed by atoms with van der Waals surface area (Å²) < 4.78 is 0. The molecule has 4 rings (SSSR count). The summed E-state index contributed by atoms with van der Waals surface area (Å²) >= 11 is 7.44. The second-order valence-electron chi connectivity index (χ2n) is 7.99. The van der Waals surface area contributed by atoms with E-state index in [1.165, 1.54) is 11.8 Å². The maximum absolute atomic E-state index is 13.0. The number of likely N-dealkylation sites (tertiary alicyclic amines) is 1. The molecule has 2 aliphatic rings. The van der Waals surface area contributed by atoms with Crippen molar-refractivity contribution in [3.8, 4) is 0 Å². The van der Waals surface area contributed by atoms with Crippen molar-refractivity contribution in [2.24, 2.45) is 11.8 Å². The van der Waals surface area contributed by atoms with Crippen molar-refractivity contribution in [2.45, 2.75) is 25.2 Å². The molecule has 150 valence electrons. The Balaban J connectivity index is 1.56. The van der Waals surface area contributed by atoms with Gasteiger partial charge in [0.25, 0.3) is 11.8 Å². The number of carbonyl (C=O) groups excluding carboxylic acids is 2. The van der Waals surface area contributed by atoms with Gasteiger partial charge in [-0.3, -0.25) is 9.59 Å². The number of hydrogen-bond acceptors (Lipinski definition) is 3. The standard InChI is InChI=1S/C23H23ClN2O2S/c1-14-8-15(2)13-26(12-14)23(28)17-6-7-20-19(11-17)25-22(27)21(29-20)10-16-4-3-5-18(24)9-16/h3-7,9-11,14-15H,8,12-13H2,1-2H3,(H,25,27)/b21-10+/t14-,15-/m0/s1. The summed E-state index contributed by atoms with van der Waals surface area (Å²) in [5.74, 6) is 0.877. The summed E-state index contributed by atoms with van der Waals surface area (Å²) in [7, 11) is 0. The van der Waals surface area contributed by atoms with Gasteiger partial charge >= 0.3 is 0 Å². The van der Waals surface area contributed by atoms with Crippen molar-refractivity contribution in [1.82, 2.24) is 4.90 Å². The smallest absolute Gasteiger partial charge is 0.262 e. The Morgan fingerprint density at radius 1 is 1.17 bits per heavy atom. The van der Waals surface area contributed by atoms with Crippen molar-refractivity contribution in [3.05, 3.63) is 63.5 Å². The van der Waals surface area contributed by atoms with E-state index in [1.807, 2.05) is 41.3 Å². The molecule has 1 N–H and O–H groups in total. The van der Waals surface area contributed by atoms with Crippen LogP contribution < -0.4 is 5.32 Å². The molecule has 2 heterocycles. The molecule has 2 amide bonds. The molecule has 0 aromatic heterocycles. The van der Waals surface area contributed by atoms with Crippen LogP contribution in [-0.4, -0.2) is 29.8 Å². The molecular formula is C23H23ClN2O2S. The number of rotatable bonds is 2. The number of nitrogens with one attached hydrogen (secondary N) is 1. The minimum atomic E-state index is -0.174. The number of amides is 2. The molecular weight excluding hydrogens is 404 g/mol. The Morgan fingerprint density at radius 3 is 2.66 bits per heavy atom. The zero-order chi connectivity index (χ0) is 20.5. The lowest BCUT2D eigenvalue weighted by molar-refractivity contribution is -0.112. The van der Waals surface area contributed by atoms with Crippen molar-refractivity contribution in [1.29, 1.82) is 0 Å². The normalized spacial score (nSPS) is 22.9. The van der Waals surface area contributed by atoms with Gasteiger partial charge in [0.2, 0.25) is 0 Å². The van der Waals surface area contributed by atoms with Crippen LogP contribution in [0.5, 0.6) is 0 Å². The minimum Gasteiger partial charge on any atom is -0.338 e. The molecule has 2 aliphatic heterocycles. The van der Waals surface area contributed by atoms with Gasteiger partial charge in [-0.2, -0.15) is 0 Å². The summed E-state index contributed by atoms with van der Waals surface area (Å²) in [5.41, 5.74) is 2.18. The number of hydrogen-bond donors (Lipinski definition) is 1. The molecule has 0 aliphatic carbocycles. The first-order chi connectivity index (χ1) is 13.9. The number of benzene rings is 2. The second-order valence-corrected chi connectivity index (χ2v) is 9.51. The zero-order valence-electron chi connectivity index (χ0n) is 16.4. The molecule has 1 fully saturated rings. The highest BCUT2D eigenvalue weighted by Gasteiger charge is 2.28. The Kier molecular flexibility index (Phi) is 5.70. The minimum absolute atomic E-state index is 0.0331. The van der Waals surface area contributed by atoms with Gasteiger partial charge in [-0.25, -0.2) is 0 Å². The van der Waals surface area contributed by atoms with Crippen LogP contribution in [0.4, 0.5) is 5.69 Å². The molecule has 0 unspecified atom stereocenters. The van der Waals surface area contributed by atoms with Crippen molar-refractivity contribution in [3.63, 3.8) is 0 Å². The van der Waals surface area contributed by atoms with Crippen LogP contribution in [0.3, 0.4) is 0 Å². The molecule has 2 aromatic carbocycles. The van der Waals surface area contributed by atoms with E-state index < -0.39 is 0 Å². The van der Waals surface area contributed by atoms with Crippen LogP contribution in [0, 0.1) is 11.8 Å². The largest absolute Gasteiger partial charge is 0.338 e. The lowest BCUT2D eigenvalue weighted by Crippen LogP contribution is -2.42. The average molecular weight is 427 g/mol. The third-order valence-corrected chi connectivity index (χ3v) is 6.56. The number of nitrogens with zero attached hydrogens (tertiary/aromatic N) is 1. The van der Waals surface area contributed by atoms with E-state index in [4.69, 9.17) is 11.6 Å². The topological polar surface area (TPSA) is 49.4 Å². The Labute approximate surface area is 180 Å². The third kappa shape index (κ3) is 4.51. The highest BCUT2D eigenvalue weighted by molar-refractivity contribution is 8.04. The Hall–Kier alpha value is -2.24. The molecule has 0 radical (unpaired) electrons. The van der Waals surface area contributed by atoms with Crippen molar-refractivity contribution < 1.29 is 9.59 Å². The van der Waals surface area contributed by atoms with Crippen LogP contribution >= 0.6 is 23.4 Å². The van der Waals surface area contributed by atoms with E-state index in [2.05, 4.69) is 19.2 Å². The van der Waals surface area contributed by atoms with Crippen LogP contribution in [0.1, 0.15) is 36.2 Å². The highest BCUT2D eigenvalue weighted by atomic mass is 35.5. The molecule has 0 saturated carbocycles. The molecule has 0 bridgehead atoms. The van der Waals surface area contributed by atoms with E-state index in [9.17, 15) is 9.59 Å². The SMILES string of the molecule is C[C@H]1C[C@H](C)CN(C(=O)c2ccc3c(c2)NC(=O)/C(=C\c2cccc(Cl)c2)S3)C1. The number of fused-ring (bicyclic) bond motifs is 1. The quantitative estimate of drug-likeness (QED) is 0.641. The highest BCUT2D eigenvalue weighted by Crippen LogP contribution is 2.39. The molecule has 2 atom stereocenters. The van der Waals surface area contributed by atoms with Crippen LogP contribution in [-0.2, 0) is 4.79 Å².